The monoisotopic (exact) mass is 658 g/mol. The summed E-state index contributed by atoms with van der Waals surface area (Å²) < 4.78 is 15.3. The van der Waals surface area contributed by atoms with Gasteiger partial charge in [-0.15, -0.1) is 0 Å². The van der Waals surface area contributed by atoms with E-state index in [4.69, 9.17) is 18.8 Å². The van der Waals surface area contributed by atoms with Crippen LogP contribution < -0.4 is 5.32 Å². The van der Waals surface area contributed by atoms with Crippen LogP contribution >= 0.6 is 0 Å². The Labute approximate surface area is 292 Å². The lowest BCUT2D eigenvalue weighted by Crippen LogP contribution is -2.33. The minimum Gasteiger partial charge on any atom is -0.456 e. The first-order valence-electron chi connectivity index (χ1n) is 17.4. The first-order chi connectivity index (χ1) is 25.3. The molecule has 3 aromatic heterocycles. The Morgan fingerprint density at radius 3 is 2.33 bits per heavy atom. The third-order valence-electron chi connectivity index (χ3n) is 10.3. The highest BCUT2D eigenvalue weighted by Crippen LogP contribution is 2.41. The van der Waals surface area contributed by atoms with Crippen molar-refractivity contribution in [3.05, 3.63) is 167 Å². The second-order valence-electron chi connectivity index (χ2n) is 13.3. The van der Waals surface area contributed by atoms with Crippen LogP contribution in [0.4, 0.5) is 0 Å². The van der Waals surface area contributed by atoms with Crippen LogP contribution in [0.3, 0.4) is 0 Å². The average Bonchev–Trinajstić information content (AvgIpc) is 3.88. The molecule has 1 atom stereocenters. The van der Waals surface area contributed by atoms with Gasteiger partial charge in [0.1, 0.15) is 28.8 Å². The van der Waals surface area contributed by atoms with E-state index >= 15 is 0 Å². The lowest BCUT2D eigenvalue weighted by atomic mass is 10.0. The molecule has 0 bridgehead atoms. The smallest absolute Gasteiger partial charge is 0.160 e. The van der Waals surface area contributed by atoms with Crippen molar-refractivity contribution in [3.8, 4) is 5.69 Å². The Balaban J connectivity index is 1.11. The molecule has 0 saturated carbocycles. The molecule has 0 fully saturated rings. The summed E-state index contributed by atoms with van der Waals surface area (Å²) >= 11 is 0. The standard InChI is InChI=1S/C45H30N4O2/c1-2-12-27(13-3-1)43-46-44(48-45(47-43)35-19-11-23-39-40(35)34-18-6-9-22-38(34)50-39)28-14-10-15-29(26-28)49-36-20-7-4-16-30(36)32-24-25-33-31-17-5-8-21-37(31)51-42(33)41(32)49/h1-6,8-19,21-26,44H,7,20H2,(H,46,47,48). The molecule has 6 aromatic carbocycles. The maximum absolute atomic E-state index is 6.63. The van der Waals surface area contributed by atoms with Crippen LogP contribution in [0.25, 0.3) is 66.5 Å². The molecule has 1 aliphatic carbocycles. The second-order valence-corrected chi connectivity index (χ2v) is 13.3. The SMILES string of the molecule is C1=Cc2c(n(-c3cccc(C4N=C(c5cccc6oc7ccccc7c56)N=C(c5ccccc5)N4)c3)c3c2ccc2c4ccccc4oc23)CC1. The molecule has 2 aliphatic rings. The molecular weight excluding hydrogens is 629 g/mol. The van der Waals surface area contributed by atoms with Crippen molar-refractivity contribution in [2.75, 3.05) is 0 Å². The zero-order chi connectivity index (χ0) is 33.5. The molecule has 4 heterocycles. The number of allylic oxidation sites excluding steroid dienone is 1. The number of nitrogens with zero attached hydrogens (tertiary/aromatic N) is 3. The fourth-order valence-corrected chi connectivity index (χ4v) is 8.04. The van der Waals surface area contributed by atoms with E-state index in [0.29, 0.717) is 5.84 Å². The molecule has 9 aromatic rings. The van der Waals surface area contributed by atoms with E-state index in [1.54, 1.807) is 0 Å². The van der Waals surface area contributed by atoms with E-state index in [0.717, 1.165) is 90.4 Å². The fraction of sp³-hybridized carbons (Fsp3) is 0.0667. The van der Waals surface area contributed by atoms with Gasteiger partial charge >= 0.3 is 0 Å². The van der Waals surface area contributed by atoms with Crippen LogP contribution in [-0.2, 0) is 6.42 Å². The topological polar surface area (TPSA) is 68.0 Å². The summed E-state index contributed by atoms with van der Waals surface area (Å²) in [5.41, 5.74) is 11.2. The van der Waals surface area contributed by atoms with Crippen LogP contribution in [0.2, 0.25) is 0 Å². The van der Waals surface area contributed by atoms with Crippen molar-refractivity contribution >= 4 is 72.5 Å². The number of hydrogen-bond donors (Lipinski definition) is 1. The number of amidine groups is 2. The van der Waals surface area contributed by atoms with Crippen LogP contribution in [0.1, 0.15) is 40.5 Å². The highest BCUT2D eigenvalue weighted by atomic mass is 16.3. The van der Waals surface area contributed by atoms with Crippen molar-refractivity contribution in [3.63, 3.8) is 0 Å². The second kappa shape index (κ2) is 10.9. The molecule has 1 aliphatic heterocycles. The first-order valence-corrected chi connectivity index (χ1v) is 17.4. The summed E-state index contributed by atoms with van der Waals surface area (Å²) in [5, 5.41) is 9.21. The summed E-state index contributed by atoms with van der Waals surface area (Å²) in [6.45, 7) is 0. The van der Waals surface area contributed by atoms with Gasteiger partial charge in [0.2, 0.25) is 0 Å². The van der Waals surface area contributed by atoms with Gasteiger partial charge in [0.05, 0.1) is 5.52 Å². The molecule has 0 spiro atoms. The average molecular weight is 659 g/mol. The number of fused-ring (bicyclic) bond motifs is 10. The molecule has 1 unspecified atom stereocenters. The van der Waals surface area contributed by atoms with Gasteiger partial charge in [-0.05, 0) is 54.8 Å². The van der Waals surface area contributed by atoms with Gasteiger partial charge in [-0.3, -0.25) is 0 Å². The Kier molecular flexibility index (Phi) is 6.04. The number of aliphatic imine (C=N–C) groups is 2. The Bertz CT molecular complexity index is 2960. The molecule has 6 heteroatoms. The van der Waals surface area contributed by atoms with E-state index in [1.807, 2.05) is 54.6 Å². The molecule has 0 amide bonds. The minimum absolute atomic E-state index is 0.384. The summed E-state index contributed by atoms with van der Waals surface area (Å²) in [7, 11) is 0. The van der Waals surface area contributed by atoms with Crippen LogP contribution in [0.5, 0.6) is 0 Å². The molecule has 11 rings (SSSR count). The number of para-hydroxylation sites is 2. The summed E-state index contributed by atoms with van der Waals surface area (Å²) in [6, 6.07) is 46.1. The van der Waals surface area contributed by atoms with E-state index in [1.165, 1.54) is 16.6 Å². The molecule has 51 heavy (non-hydrogen) atoms. The largest absolute Gasteiger partial charge is 0.456 e. The fourth-order valence-electron chi connectivity index (χ4n) is 8.04. The summed E-state index contributed by atoms with van der Waals surface area (Å²) in [4.78, 5) is 10.5. The number of aromatic nitrogens is 1. The van der Waals surface area contributed by atoms with E-state index in [9.17, 15) is 0 Å². The van der Waals surface area contributed by atoms with Crippen LogP contribution in [0.15, 0.2) is 158 Å². The first kappa shape index (κ1) is 28.2. The number of rotatable bonds is 4. The van der Waals surface area contributed by atoms with Gasteiger partial charge in [0.25, 0.3) is 0 Å². The highest BCUT2D eigenvalue weighted by molar-refractivity contribution is 6.22. The Morgan fingerprint density at radius 1 is 0.667 bits per heavy atom. The minimum atomic E-state index is -0.384. The third-order valence-corrected chi connectivity index (χ3v) is 10.3. The molecule has 0 radical (unpaired) electrons. The van der Waals surface area contributed by atoms with Gasteiger partial charge in [0, 0.05) is 55.0 Å². The van der Waals surface area contributed by atoms with Gasteiger partial charge < -0.3 is 18.7 Å². The van der Waals surface area contributed by atoms with Crippen LogP contribution in [0, 0.1) is 0 Å². The predicted octanol–water partition coefficient (Wildman–Crippen LogP) is 10.9. The van der Waals surface area contributed by atoms with E-state index in [2.05, 4.69) is 101 Å². The molecule has 242 valence electrons. The molecular formula is C45H30N4O2. The van der Waals surface area contributed by atoms with Crippen LogP contribution in [-0.4, -0.2) is 16.2 Å². The molecule has 0 saturated heterocycles. The third kappa shape index (κ3) is 4.29. The van der Waals surface area contributed by atoms with Crippen molar-refractivity contribution in [2.24, 2.45) is 9.98 Å². The van der Waals surface area contributed by atoms with E-state index < -0.39 is 0 Å². The van der Waals surface area contributed by atoms with Crippen molar-refractivity contribution < 1.29 is 8.83 Å². The maximum atomic E-state index is 6.63. The number of nitrogens with one attached hydrogen (secondary N) is 1. The lowest BCUT2D eigenvalue weighted by Gasteiger charge is -2.24. The zero-order valence-corrected chi connectivity index (χ0v) is 27.5. The number of hydrogen-bond acceptors (Lipinski definition) is 5. The van der Waals surface area contributed by atoms with Crippen molar-refractivity contribution in [2.45, 2.75) is 19.0 Å². The zero-order valence-electron chi connectivity index (χ0n) is 27.5. The summed E-state index contributed by atoms with van der Waals surface area (Å²) in [5.74, 6) is 1.44. The highest BCUT2D eigenvalue weighted by Gasteiger charge is 2.26. The normalized spacial score (nSPS) is 15.8. The van der Waals surface area contributed by atoms with Gasteiger partial charge in [0.15, 0.2) is 11.4 Å². The predicted molar refractivity (Wildman–Crippen MR) is 207 cm³/mol. The van der Waals surface area contributed by atoms with Crippen molar-refractivity contribution in [1.82, 2.24) is 9.88 Å². The van der Waals surface area contributed by atoms with Crippen molar-refractivity contribution in [1.29, 1.82) is 0 Å². The number of furan rings is 2. The van der Waals surface area contributed by atoms with E-state index in [-0.39, 0.29) is 6.17 Å². The van der Waals surface area contributed by atoms with Gasteiger partial charge in [-0.25, -0.2) is 9.98 Å². The Hall–Kier alpha value is -6.66. The van der Waals surface area contributed by atoms with Gasteiger partial charge in [-0.1, -0.05) is 109 Å². The molecule has 6 nitrogen and oxygen atoms in total. The quantitative estimate of drug-likeness (QED) is 0.205. The molecule has 1 N–H and O–H groups in total. The maximum Gasteiger partial charge on any atom is 0.160 e. The lowest BCUT2D eigenvalue weighted by molar-refractivity contribution is 0.668. The summed E-state index contributed by atoms with van der Waals surface area (Å²) in [6.07, 6.45) is 6.11. The number of benzene rings is 6. The Morgan fingerprint density at radius 2 is 1.43 bits per heavy atom. The van der Waals surface area contributed by atoms with Gasteiger partial charge in [-0.2, -0.15) is 0 Å².